The monoisotopic (exact) mass is 362 g/mol. The Hall–Kier alpha value is -0.330. The van der Waals surface area contributed by atoms with Gasteiger partial charge in [-0.3, -0.25) is 4.90 Å². The van der Waals surface area contributed by atoms with E-state index < -0.39 is 12.2 Å². The van der Waals surface area contributed by atoms with E-state index in [0.717, 1.165) is 51.7 Å². The van der Waals surface area contributed by atoms with Crippen LogP contribution in [0.15, 0.2) is 0 Å². The third-order valence-electron chi connectivity index (χ3n) is 6.86. The first-order chi connectivity index (χ1) is 11.9. The fourth-order valence-electron chi connectivity index (χ4n) is 5.34. The largest absolute Gasteiger partial charge is 0.404 e. The zero-order valence-electron chi connectivity index (χ0n) is 15.7. The summed E-state index contributed by atoms with van der Waals surface area (Å²) in [4.78, 5) is 4.07. The van der Waals surface area contributed by atoms with Crippen molar-refractivity contribution >= 4 is 0 Å². The van der Waals surface area contributed by atoms with Gasteiger partial charge in [-0.1, -0.05) is 6.92 Å². The first kappa shape index (κ1) is 19.4. The second-order valence-corrected chi connectivity index (χ2v) is 8.47. The van der Waals surface area contributed by atoms with Crippen molar-refractivity contribution in [2.24, 2.45) is 11.3 Å². The van der Waals surface area contributed by atoms with Crippen LogP contribution in [0.5, 0.6) is 0 Å². The molecule has 146 valence electrons. The van der Waals surface area contributed by atoms with Crippen LogP contribution in [0.1, 0.15) is 51.9 Å². The van der Waals surface area contributed by atoms with Crippen LogP contribution in [-0.2, 0) is 4.74 Å². The van der Waals surface area contributed by atoms with Gasteiger partial charge in [0.1, 0.15) is 6.04 Å². The van der Waals surface area contributed by atoms with Crippen molar-refractivity contribution in [3.63, 3.8) is 0 Å². The molecule has 1 saturated carbocycles. The molecule has 0 aromatic carbocycles. The SMILES string of the molecule is CCCN1CCC(C(N2CCC3(CC2)CC(OC)C3)C(F)(F)F)CC1. The third kappa shape index (κ3) is 4.33. The van der Waals surface area contributed by atoms with Gasteiger partial charge in [0.05, 0.1) is 6.10 Å². The van der Waals surface area contributed by atoms with E-state index >= 15 is 0 Å². The minimum atomic E-state index is -4.11. The highest BCUT2D eigenvalue weighted by Crippen LogP contribution is 2.51. The van der Waals surface area contributed by atoms with Gasteiger partial charge in [-0.25, -0.2) is 0 Å². The summed E-state index contributed by atoms with van der Waals surface area (Å²) in [7, 11) is 1.73. The molecule has 0 radical (unpaired) electrons. The molecule has 1 spiro atoms. The maximum absolute atomic E-state index is 13.9. The quantitative estimate of drug-likeness (QED) is 0.737. The van der Waals surface area contributed by atoms with Gasteiger partial charge in [-0.05, 0) is 89.0 Å². The number of halogens is 3. The maximum Gasteiger partial charge on any atom is 0.404 e. The van der Waals surface area contributed by atoms with Crippen LogP contribution in [0, 0.1) is 11.3 Å². The van der Waals surface area contributed by atoms with E-state index in [0.29, 0.717) is 32.0 Å². The van der Waals surface area contributed by atoms with Gasteiger partial charge in [-0.2, -0.15) is 13.2 Å². The van der Waals surface area contributed by atoms with Gasteiger partial charge >= 0.3 is 6.18 Å². The zero-order chi connectivity index (χ0) is 18.1. The average Bonchev–Trinajstić information content (AvgIpc) is 2.54. The normalized spacial score (nSPS) is 28.2. The van der Waals surface area contributed by atoms with Crippen molar-refractivity contribution in [2.45, 2.75) is 70.2 Å². The molecule has 2 aliphatic heterocycles. The second-order valence-electron chi connectivity index (χ2n) is 8.47. The number of methoxy groups -OCH3 is 1. The molecule has 25 heavy (non-hydrogen) atoms. The summed E-state index contributed by atoms with van der Waals surface area (Å²) in [6.45, 7) is 5.96. The van der Waals surface area contributed by atoms with E-state index in [1.807, 2.05) is 0 Å². The van der Waals surface area contributed by atoms with Gasteiger partial charge in [0, 0.05) is 7.11 Å². The molecule has 0 amide bonds. The molecule has 0 aromatic rings. The Morgan fingerprint density at radius 2 is 1.68 bits per heavy atom. The Labute approximate surface area is 149 Å². The van der Waals surface area contributed by atoms with Gasteiger partial charge in [-0.15, -0.1) is 0 Å². The van der Waals surface area contributed by atoms with Gasteiger partial charge in [0.15, 0.2) is 0 Å². The fourth-order valence-corrected chi connectivity index (χ4v) is 5.34. The molecule has 0 bridgehead atoms. The summed E-state index contributed by atoms with van der Waals surface area (Å²) in [5, 5.41) is 0. The van der Waals surface area contributed by atoms with Crippen molar-refractivity contribution < 1.29 is 17.9 Å². The van der Waals surface area contributed by atoms with Crippen LogP contribution < -0.4 is 0 Å². The van der Waals surface area contributed by atoms with Crippen LogP contribution >= 0.6 is 0 Å². The van der Waals surface area contributed by atoms with Crippen LogP contribution in [0.2, 0.25) is 0 Å². The highest BCUT2D eigenvalue weighted by Gasteiger charge is 2.52. The molecule has 2 heterocycles. The van der Waals surface area contributed by atoms with E-state index in [4.69, 9.17) is 4.74 Å². The van der Waals surface area contributed by atoms with Crippen LogP contribution in [0.25, 0.3) is 0 Å². The summed E-state index contributed by atoms with van der Waals surface area (Å²) in [5.41, 5.74) is 0.262. The first-order valence-corrected chi connectivity index (χ1v) is 9.93. The lowest BCUT2D eigenvalue weighted by molar-refractivity contribution is -0.211. The Morgan fingerprint density at radius 1 is 1.08 bits per heavy atom. The van der Waals surface area contributed by atoms with Gasteiger partial charge in [0.25, 0.3) is 0 Å². The molecule has 2 saturated heterocycles. The molecule has 3 rings (SSSR count). The molecule has 3 fully saturated rings. The zero-order valence-corrected chi connectivity index (χ0v) is 15.7. The predicted molar refractivity (Wildman–Crippen MR) is 92.6 cm³/mol. The van der Waals surface area contributed by atoms with E-state index in [2.05, 4.69) is 11.8 Å². The minimum Gasteiger partial charge on any atom is -0.381 e. The number of nitrogens with zero attached hydrogens (tertiary/aromatic N) is 2. The summed E-state index contributed by atoms with van der Waals surface area (Å²) >= 11 is 0. The lowest BCUT2D eigenvalue weighted by Gasteiger charge is -2.53. The Morgan fingerprint density at radius 3 is 2.16 bits per heavy atom. The lowest BCUT2D eigenvalue weighted by atomic mass is 9.61. The molecule has 6 heteroatoms. The third-order valence-corrected chi connectivity index (χ3v) is 6.86. The molecule has 1 aliphatic carbocycles. The number of rotatable bonds is 5. The first-order valence-electron chi connectivity index (χ1n) is 9.93. The number of ether oxygens (including phenoxy) is 1. The van der Waals surface area contributed by atoms with Gasteiger partial charge < -0.3 is 9.64 Å². The number of piperidine rings is 2. The summed E-state index contributed by atoms with van der Waals surface area (Å²) in [5.74, 6) is -0.240. The number of hydrogen-bond donors (Lipinski definition) is 0. The Bertz CT molecular complexity index is 419. The smallest absolute Gasteiger partial charge is 0.381 e. The van der Waals surface area contributed by atoms with E-state index in [9.17, 15) is 13.2 Å². The molecular weight excluding hydrogens is 329 g/mol. The van der Waals surface area contributed by atoms with Crippen LogP contribution in [0.4, 0.5) is 13.2 Å². The van der Waals surface area contributed by atoms with Crippen molar-refractivity contribution in [3.05, 3.63) is 0 Å². The summed E-state index contributed by atoms with van der Waals surface area (Å²) < 4.78 is 47.0. The molecule has 0 aromatic heterocycles. The number of hydrogen-bond acceptors (Lipinski definition) is 3. The molecule has 3 aliphatic rings. The molecule has 1 atom stereocenters. The molecule has 3 nitrogen and oxygen atoms in total. The van der Waals surface area contributed by atoms with E-state index in [1.165, 1.54) is 0 Å². The highest BCUT2D eigenvalue weighted by molar-refractivity contribution is 5.00. The predicted octanol–water partition coefficient (Wildman–Crippen LogP) is 3.93. The van der Waals surface area contributed by atoms with Crippen molar-refractivity contribution in [2.75, 3.05) is 39.8 Å². The number of likely N-dealkylation sites (tertiary alicyclic amines) is 2. The highest BCUT2D eigenvalue weighted by atomic mass is 19.4. The van der Waals surface area contributed by atoms with E-state index in [-0.39, 0.29) is 11.3 Å². The topological polar surface area (TPSA) is 15.7 Å². The Balaban J connectivity index is 1.57. The van der Waals surface area contributed by atoms with Crippen LogP contribution in [0.3, 0.4) is 0 Å². The summed E-state index contributed by atoms with van der Waals surface area (Å²) in [6.07, 6.45) is 2.50. The summed E-state index contributed by atoms with van der Waals surface area (Å²) in [6, 6.07) is -1.24. The molecule has 0 N–H and O–H groups in total. The lowest BCUT2D eigenvalue weighted by Crippen LogP contribution is -2.58. The van der Waals surface area contributed by atoms with Gasteiger partial charge in [0.2, 0.25) is 0 Å². The van der Waals surface area contributed by atoms with Crippen molar-refractivity contribution in [3.8, 4) is 0 Å². The molecular formula is C19H33F3N2O. The van der Waals surface area contributed by atoms with Crippen molar-refractivity contribution in [1.82, 2.24) is 9.80 Å². The van der Waals surface area contributed by atoms with Crippen molar-refractivity contribution in [1.29, 1.82) is 0 Å². The van der Waals surface area contributed by atoms with E-state index in [1.54, 1.807) is 12.0 Å². The van der Waals surface area contributed by atoms with Crippen LogP contribution in [-0.4, -0.2) is 68.0 Å². The minimum absolute atomic E-state index is 0.240. The maximum atomic E-state index is 13.9. The second kappa shape index (κ2) is 7.73. The number of alkyl halides is 3. The average molecular weight is 362 g/mol. The Kier molecular flexibility index (Phi) is 6.01. The fraction of sp³-hybridized carbons (Fsp3) is 1.00. The standard InChI is InChI=1S/C19H33F3N2O/c1-3-8-23-9-4-15(5-10-23)17(19(20,21)22)24-11-6-18(7-12-24)13-16(14-18)25-2/h15-17H,3-14H2,1-2H3. The molecule has 1 unspecified atom stereocenters.